The summed E-state index contributed by atoms with van der Waals surface area (Å²) in [7, 11) is 2.00. The number of H-pyrrole nitrogens is 1. The normalized spacial score (nSPS) is 11.3. The van der Waals surface area contributed by atoms with Crippen LogP contribution in [0.25, 0.3) is 33.1 Å². The summed E-state index contributed by atoms with van der Waals surface area (Å²) in [5.41, 5.74) is 3.23. The number of aromatic amines is 1. The number of aryl methyl sites for hydroxylation is 1. The van der Waals surface area contributed by atoms with E-state index in [1.807, 2.05) is 37.4 Å². The van der Waals surface area contributed by atoms with Crippen LogP contribution in [0.1, 0.15) is 10.5 Å². The minimum atomic E-state index is -1.07. The summed E-state index contributed by atoms with van der Waals surface area (Å²) in [6.07, 6.45) is 0. The molecule has 22 heavy (non-hydrogen) atoms. The number of carboxylic acids is 1. The average Bonchev–Trinajstić information content (AvgIpc) is 3.12. The first-order chi connectivity index (χ1) is 10.7. The third kappa shape index (κ3) is 1.64. The Bertz CT molecular complexity index is 1030. The van der Waals surface area contributed by atoms with E-state index >= 15 is 0 Å². The number of benzene rings is 2. The fourth-order valence-corrected chi connectivity index (χ4v) is 2.89. The maximum Gasteiger partial charge on any atom is 0.356 e. The highest BCUT2D eigenvalue weighted by Gasteiger charge is 2.17. The van der Waals surface area contributed by atoms with Crippen molar-refractivity contribution in [2.45, 2.75) is 0 Å². The van der Waals surface area contributed by atoms with Crippen molar-refractivity contribution in [2.75, 3.05) is 0 Å². The second-order valence-corrected chi connectivity index (χ2v) is 5.15. The highest BCUT2D eigenvalue weighted by atomic mass is 16.4. The quantitative estimate of drug-likeness (QED) is 0.595. The Hall–Kier alpha value is -3.15. The smallest absolute Gasteiger partial charge is 0.356 e. The second-order valence-electron chi connectivity index (χ2n) is 5.15. The van der Waals surface area contributed by atoms with Crippen LogP contribution in [0.15, 0.2) is 42.5 Å². The van der Waals surface area contributed by atoms with Crippen LogP contribution in [-0.4, -0.2) is 31.1 Å². The van der Waals surface area contributed by atoms with E-state index in [2.05, 4.69) is 32.1 Å². The number of rotatable bonds is 2. The van der Waals surface area contributed by atoms with Crippen molar-refractivity contribution in [1.29, 1.82) is 0 Å². The first-order valence-corrected chi connectivity index (χ1v) is 6.78. The zero-order valence-electron chi connectivity index (χ0n) is 11.7. The predicted octanol–water partition coefficient (Wildman–Crippen LogP) is 2.81. The molecule has 4 aromatic rings. The lowest BCUT2D eigenvalue weighted by Gasteiger charge is -2.01. The summed E-state index contributed by atoms with van der Waals surface area (Å²) in [6.45, 7) is 0. The predicted molar refractivity (Wildman–Crippen MR) is 82.8 cm³/mol. The van der Waals surface area contributed by atoms with E-state index in [1.165, 1.54) is 5.39 Å². The molecule has 0 unspecified atom stereocenters. The maximum absolute atomic E-state index is 11.2. The number of nitrogens with zero attached hydrogens (tertiary/aromatic N) is 3. The molecule has 2 aromatic carbocycles. The number of nitrogens with one attached hydrogen (secondary N) is 1. The Labute approximate surface area is 125 Å². The van der Waals surface area contributed by atoms with Gasteiger partial charge >= 0.3 is 5.97 Å². The van der Waals surface area contributed by atoms with Crippen LogP contribution in [0, 0.1) is 0 Å². The van der Waals surface area contributed by atoms with Crippen molar-refractivity contribution in [3.05, 3.63) is 48.2 Å². The van der Waals surface area contributed by atoms with E-state index in [9.17, 15) is 9.90 Å². The van der Waals surface area contributed by atoms with Gasteiger partial charge in [-0.2, -0.15) is 0 Å². The molecule has 0 aliphatic carbocycles. The Kier molecular flexibility index (Phi) is 2.53. The zero-order chi connectivity index (χ0) is 15.3. The Morgan fingerprint density at radius 3 is 2.73 bits per heavy atom. The van der Waals surface area contributed by atoms with Crippen LogP contribution in [-0.2, 0) is 7.05 Å². The summed E-state index contributed by atoms with van der Waals surface area (Å²) in [5.74, 6) is -1.07. The van der Waals surface area contributed by atoms with Crippen molar-refractivity contribution in [3.8, 4) is 11.3 Å². The van der Waals surface area contributed by atoms with Gasteiger partial charge in [-0.1, -0.05) is 35.5 Å². The van der Waals surface area contributed by atoms with Gasteiger partial charge in [0.25, 0.3) is 0 Å². The SMILES string of the molecule is Cn1c2ccccc2c2ccc(-c3nn[nH]c3C(=O)O)cc21. The monoisotopic (exact) mass is 292 g/mol. The number of carbonyl (C=O) groups is 1. The topological polar surface area (TPSA) is 83.8 Å². The molecule has 2 N–H and O–H groups in total. The molecule has 2 heterocycles. The molecule has 0 fully saturated rings. The lowest BCUT2D eigenvalue weighted by Crippen LogP contribution is -1.99. The van der Waals surface area contributed by atoms with Gasteiger partial charge < -0.3 is 9.67 Å². The average molecular weight is 292 g/mol. The number of hydrogen-bond acceptors (Lipinski definition) is 3. The molecule has 0 aliphatic rings. The number of aromatic nitrogens is 4. The molecule has 0 saturated carbocycles. The molecule has 2 aromatic heterocycles. The first kappa shape index (κ1) is 12.6. The molecule has 0 saturated heterocycles. The zero-order valence-corrected chi connectivity index (χ0v) is 11.7. The summed E-state index contributed by atoms with van der Waals surface area (Å²) < 4.78 is 2.09. The Morgan fingerprint density at radius 1 is 1.14 bits per heavy atom. The Balaban J connectivity index is 2.02. The summed E-state index contributed by atoms with van der Waals surface area (Å²) in [5, 5.41) is 21.4. The third-order valence-corrected chi connectivity index (χ3v) is 3.95. The van der Waals surface area contributed by atoms with E-state index in [-0.39, 0.29) is 5.69 Å². The van der Waals surface area contributed by atoms with Crippen molar-refractivity contribution in [3.63, 3.8) is 0 Å². The van der Waals surface area contributed by atoms with Crippen LogP contribution in [0.4, 0.5) is 0 Å². The largest absolute Gasteiger partial charge is 0.476 e. The highest BCUT2D eigenvalue weighted by molar-refractivity contribution is 6.09. The van der Waals surface area contributed by atoms with E-state index in [1.54, 1.807) is 0 Å². The van der Waals surface area contributed by atoms with Crippen LogP contribution >= 0.6 is 0 Å². The minimum Gasteiger partial charge on any atom is -0.476 e. The van der Waals surface area contributed by atoms with Gasteiger partial charge in [0.15, 0.2) is 5.69 Å². The molecule has 0 radical (unpaired) electrons. The molecule has 0 atom stereocenters. The number of para-hydroxylation sites is 1. The van der Waals surface area contributed by atoms with Gasteiger partial charge in [-0.15, -0.1) is 5.10 Å². The van der Waals surface area contributed by atoms with Gasteiger partial charge in [-0.25, -0.2) is 4.79 Å². The van der Waals surface area contributed by atoms with E-state index in [0.717, 1.165) is 22.0 Å². The molecule has 108 valence electrons. The summed E-state index contributed by atoms with van der Waals surface area (Å²) in [4.78, 5) is 11.2. The van der Waals surface area contributed by atoms with Crippen LogP contribution in [0.3, 0.4) is 0 Å². The fourth-order valence-electron chi connectivity index (χ4n) is 2.89. The number of hydrogen-bond donors (Lipinski definition) is 2. The third-order valence-electron chi connectivity index (χ3n) is 3.95. The van der Waals surface area contributed by atoms with Crippen molar-refractivity contribution in [1.82, 2.24) is 20.0 Å². The molecule has 4 rings (SSSR count). The van der Waals surface area contributed by atoms with E-state index in [0.29, 0.717) is 5.69 Å². The van der Waals surface area contributed by atoms with E-state index in [4.69, 9.17) is 0 Å². The molecule has 0 aliphatic heterocycles. The summed E-state index contributed by atoms with van der Waals surface area (Å²) in [6, 6.07) is 14.0. The summed E-state index contributed by atoms with van der Waals surface area (Å²) >= 11 is 0. The van der Waals surface area contributed by atoms with Gasteiger partial charge in [0.2, 0.25) is 0 Å². The number of fused-ring (bicyclic) bond motifs is 3. The standard InChI is InChI=1S/C16H12N4O2/c1-20-12-5-3-2-4-10(12)11-7-6-9(8-13(11)20)14-15(16(21)22)18-19-17-14/h2-8H,1H3,(H,21,22)(H,17,18,19). The van der Waals surface area contributed by atoms with Gasteiger partial charge in [0.05, 0.1) is 0 Å². The molecular formula is C16H12N4O2. The van der Waals surface area contributed by atoms with Gasteiger partial charge in [0, 0.05) is 34.4 Å². The lowest BCUT2D eigenvalue weighted by atomic mass is 10.1. The molecule has 6 heteroatoms. The Morgan fingerprint density at radius 2 is 1.91 bits per heavy atom. The molecular weight excluding hydrogens is 280 g/mol. The van der Waals surface area contributed by atoms with Crippen LogP contribution in [0.2, 0.25) is 0 Å². The minimum absolute atomic E-state index is 0.00175. The van der Waals surface area contributed by atoms with Gasteiger partial charge in [-0.05, 0) is 12.1 Å². The molecule has 0 amide bonds. The molecule has 0 bridgehead atoms. The molecule has 6 nitrogen and oxygen atoms in total. The second kappa shape index (κ2) is 4.42. The van der Waals surface area contributed by atoms with Crippen LogP contribution < -0.4 is 0 Å². The van der Waals surface area contributed by atoms with Crippen LogP contribution in [0.5, 0.6) is 0 Å². The van der Waals surface area contributed by atoms with Crippen molar-refractivity contribution >= 4 is 27.8 Å². The number of carboxylic acid groups (broad SMARTS) is 1. The highest BCUT2D eigenvalue weighted by Crippen LogP contribution is 2.31. The maximum atomic E-state index is 11.2. The fraction of sp³-hybridized carbons (Fsp3) is 0.0625. The lowest BCUT2D eigenvalue weighted by molar-refractivity contribution is 0.0691. The van der Waals surface area contributed by atoms with Gasteiger partial charge in [-0.3, -0.25) is 5.10 Å². The first-order valence-electron chi connectivity index (χ1n) is 6.78. The number of aromatic carboxylic acids is 1. The molecule has 0 spiro atoms. The van der Waals surface area contributed by atoms with E-state index < -0.39 is 5.97 Å². The van der Waals surface area contributed by atoms with Crippen molar-refractivity contribution in [2.24, 2.45) is 7.05 Å². The van der Waals surface area contributed by atoms with Crippen molar-refractivity contribution < 1.29 is 9.90 Å². The van der Waals surface area contributed by atoms with Gasteiger partial charge in [0.1, 0.15) is 5.69 Å².